The van der Waals surface area contributed by atoms with Crippen LogP contribution in [-0.4, -0.2) is 31.3 Å². The third kappa shape index (κ3) is 3.52. The van der Waals surface area contributed by atoms with Gasteiger partial charge in [-0.15, -0.1) is 5.10 Å². The van der Waals surface area contributed by atoms with Crippen molar-refractivity contribution in [2.24, 2.45) is 0 Å². The molecule has 130 valence electrons. The Balaban J connectivity index is 2.09. The fourth-order valence-electron chi connectivity index (χ4n) is 2.44. The van der Waals surface area contributed by atoms with E-state index in [1.165, 1.54) is 10.8 Å². The van der Waals surface area contributed by atoms with Crippen molar-refractivity contribution in [3.8, 4) is 17.4 Å². The summed E-state index contributed by atoms with van der Waals surface area (Å²) in [5.74, 6) is 0.853. The van der Waals surface area contributed by atoms with Crippen molar-refractivity contribution in [1.82, 2.24) is 24.6 Å². The molecule has 3 heterocycles. The molecule has 3 rings (SSSR count). The number of pyridine rings is 1. The Morgan fingerprint density at radius 3 is 2.72 bits per heavy atom. The molecular formula is C17H19N5O3. The molecule has 8 nitrogen and oxygen atoms in total. The largest absolute Gasteiger partial charge is 0.461 e. The zero-order valence-electron chi connectivity index (χ0n) is 14.3. The van der Waals surface area contributed by atoms with Crippen LogP contribution >= 0.6 is 0 Å². The van der Waals surface area contributed by atoms with Crippen molar-refractivity contribution in [3.63, 3.8) is 0 Å². The maximum atomic E-state index is 12.8. The standard InChI is InChI=1S/C17H19N5O3/c1-11(2)18-15(23)10-21-17(24)22(14-8-4-6-12(3)19-14)16(20-21)13-7-5-9-25-13/h4-9,11H,10H2,1-3H3,(H,18,23). The highest BCUT2D eigenvalue weighted by molar-refractivity contribution is 5.75. The number of furan rings is 1. The molecule has 1 N–H and O–H groups in total. The normalized spacial score (nSPS) is 11.0. The van der Waals surface area contributed by atoms with E-state index in [-0.39, 0.29) is 18.5 Å². The van der Waals surface area contributed by atoms with Crippen molar-refractivity contribution in [2.45, 2.75) is 33.4 Å². The van der Waals surface area contributed by atoms with E-state index in [9.17, 15) is 9.59 Å². The summed E-state index contributed by atoms with van der Waals surface area (Å²) in [5, 5.41) is 7.02. The Kier molecular flexibility index (Phi) is 4.51. The molecule has 3 aromatic rings. The van der Waals surface area contributed by atoms with Gasteiger partial charge in [0.05, 0.1) is 6.26 Å². The number of rotatable bonds is 5. The maximum Gasteiger partial charge on any atom is 0.352 e. The van der Waals surface area contributed by atoms with E-state index in [1.54, 1.807) is 24.3 Å². The molecule has 0 saturated heterocycles. The molecule has 25 heavy (non-hydrogen) atoms. The van der Waals surface area contributed by atoms with Crippen molar-refractivity contribution >= 4 is 5.91 Å². The Morgan fingerprint density at radius 1 is 1.28 bits per heavy atom. The monoisotopic (exact) mass is 341 g/mol. The zero-order valence-corrected chi connectivity index (χ0v) is 14.3. The molecule has 0 bridgehead atoms. The molecule has 0 fully saturated rings. The van der Waals surface area contributed by atoms with Gasteiger partial charge in [-0.25, -0.2) is 19.0 Å². The molecule has 0 saturated carbocycles. The molecule has 0 radical (unpaired) electrons. The third-order valence-corrected chi connectivity index (χ3v) is 3.43. The molecule has 0 atom stereocenters. The molecule has 0 spiro atoms. The number of nitrogens with zero attached hydrogens (tertiary/aromatic N) is 4. The van der Waals surface area contributed by atoms with E-state index < -0.39 is 5.69 Å². The number of carbonyl (C=O) groups excluding carboxylic acids is 1. The lowest BCUT2D eigenvalue weighted by atomic mass is 10.3. The molecule has 1 amide bonds. The van der Waals surface area contributed by atoms with Crippen LogP contribution in [0.1, 0.15) is 19.5 Å². The fraction of sp³-hybridized carbons (Fsp3) is 0.294. The van der Waals surface area contributed by atoms with Crippen molar-refractivity contribution in [2.75, 3.05) is 0 Å². The summed E-state index contributed by atoms with van der Waals surface area (Å²) in [6, 6.07) is 8.74. The van der Waals surface area contributed by atoms with Gasteiger partial charge in [0, 0.05) is 11.7 Å². The van der Waals surface area contributed by atoms with Crippen LogP contribution in [0.4, 0.5) is 0 Å². The summed E-state index contributed by atoms with van der Waals surface area (Å²) in [5.41, 5.74) is 0.309. The van der Waals surface area contributed by atoms with E-state index in [4.69, 9.17) is 4.42 Å². The number of hydrogen-bond acceptors (Lipinski definition) is 5. The van der Waals surface area contributed by atoms with Crippen LogP contribution in [-0.2, 0) is 11.3 Å². The first-order valence-corrected chi connectivity index (χ1v) is 7.93. The number of carbonyl (C=O) groups is 1. The summed E-state index contributed by atoms with van der Waals surface area (Å²) >= 11 is 0. The summed E-state index contributed by atoms with van der Waals surface area (Å²) in [7, 11) is 0. The average molecular weight is 341 g/mol. The first-order chi connectivity index (χ1) is 12.0. The van der Waals surface area contributed by atoms with E-state index >= 15 is 0 Å². The molecule has 0 aromatic carbocycles. The van der Waals surface area contributed by atoms with Gasteiger partial charge in [-0.1, -0.05) is 6.07 Å². The van der Waals surface area contributed by atoms with Crippen LogP contribution in [0.3, 0.4) is 0 Å². The van der Waals surface area contributed by atoms with Gasteiger partial charge in [-0.3, -0.25) is 4.79 Å². The van der Waals surface area contributed by atoms with Crippen LogP contribution in [0.25, 0.3) is 17.4 Å². The second-order valence-corrected chi connectivity index (χ2v) is 5.94. The summed E-state index contributed by atoms with van der Waals surface area (Å²) in [6.45, 7) is 5.36. The van der Waals surface area contributed by atoms with E-state index in [1.807, 2.05) is 26.8 Å². The quantitative estimate of drug-likeness (QED) is 0.759. The second-order valence-electron chi connectivity index (χ2n) is 5.94. The van der Waals surface area contributed by atoms with Crippen LogP contribution in [0.5, 0.6) is 0 Å². The van der Waals surface area contributed by atoms with Crippen molar-refractivity contribution in [3.05, 3.63) is 52.8 Å². The van der Waals surface area contributed by atoms with Gasteiger partial charge in [-0.2, -0.15) is 0 Å². The predicted octanol–water partition coefficient (Wildman–Crippen LogP) is 1.52. The van der Waals surface area contributed by atoms with Gasteiger partial charge in [-0.05, 0) is 45.0 Å². The first kappa shape index (κ1) is 16.7. The lowest BCUT2D eigenvalue weighted by molar-refractivity contribution is -0.122. The summed E-state index contributed by atoms with van der Waals surface area (Å²) in [4.78, 5) is 29.2. The fourth-order valence-corrected chi connectivity index (χ4v) is 2.44. The van der Waals surface area contributed by atoms with E-state index in [2.05, 4.69) is 15.4 Å². The lowest BCUT2D eigenvalue weighted by Crippen LogP contribution is -2.36. The number of nitrogens with one attached hydrogen (secondary N) is 1. The van der Waals surface area contributed by atoms with Gasteiger partial charge in [0.1, 0.15) is 12.4 Å². The Bertz CT molecular complexity index is 938. The van der Waals surface area contributed by atoms with Crippen molar-refractivity contribution < 1.29 is 9.21 Å². The minimum absolute atomic E-state index is 0.0201. The summed E-state index contributed by atoms with van der Waals surface area (Å²) < 4.78 is 7.84. The highest BCUT2D eigenvalue weighted by Gasteiger charge is 2.21. The van der Waals surface area contributed by atoms with Gasteiger partial charge in [0.15, 0.2) is 5.76 Å². The Labute approximate surface area is 144 Å². The maximum absolute atomic E-state index is 12.8. The van der Waals surface area contributed by atoms with Gasteiger partial charge in [0.2, 0.25) is 11.7 Å². The first-order valence-electron chi connectivity index (χ1n) is 7.93. The highest BCUT2D eigenvalue weighted by Crippen LogP contribution is 2.19. The van der Waals surface area contributed by atoms with Crippen LogP contribution in [0.2, 0.25) is 0 Å². The van der Waals surface area contributed by atoms with E-state index in [0.717, 1.165) is 10.4 Å². The lowest BCUT2D eigenvalue weighted by Gasteiger charge is -2.07. The SMILES string of the molecule is Cc1cccc(-n2c(-c3ccco3)nn(CC(=O)NC(C)C)c2=O)n1. The number of amides is 1. The van der Waals surface area contributed by atoms with Crippen molar-refractivity contribution in [1.29, 1.82) is 0 Å². The van der Waals surface area contributed by atoms with Crippen LogP contribution in [0.15, 0.2) is 45.8 Å². The molecular weight excluding hydrogens is 322 g/mol. The van der Waals surface area contributed by atoms with E-state index in [0.29, 0.717) is 17.4 Å². The smallest absolute Gasteiger partial charge is 0.352 e. The zero-order chi connectivity index (χ0) is 18.0. The van der Waals surface area contributed by atoms with Crippen LogP contribution < -0.4 is 11.0 Å². The number of aryl methyl sites for hydroxylation is 1. The third-order valence-electron chi connectivity index (χ3n) is 3.43. The van der Waals surface area contributed by atoms with Gasteiger partial charge >= 0.3 is 5.69 Å². The highest BCUT2D eigenvalue weighted by atomic mass is 16.3. The summed E-state index contributed by atoms with van der Waals surface area (Å²) in [6.07, 6.45) is 1.50. The minimum atomic E-state index is -0.455. The second kappa shape index (κ2) is 6.76. The topological polar surface area (TPSA) is 95.0 Å². The van der Waals surface area contributed by atoms with Gasteiger partial charge in [0.25, 0.3) is 0 Å². The molecule has 0 aliphatic carbocycles. The molecule has 3 aromatic heterocycles. The van der Waals surface area contributed by atoms with Gasteiger partial charge < -0.3 is 9.73 Å². The molecule has 8 heteroatoms. The predicted molar refractivity (Wildman–Crippen MR) is 91.3 cm³/mol. The molecule has 0 aliphatic heterocycles. The van der Waals surface area contributed by atoms with Crippen LogP contribution in [0, 0.1) is 6.92 Å². The number of aromatic nitrogens is 4. The number of hydrogen-bond donors (Lipinski definition) is 1. The minimum Gasteiger partial charge on any atom is -0.461 e. The Morgan fingerprint density at radius 2 is 2.08 bits per heavy atom. The molecule has 0 aliphatic rings. The average Bonchev–Trinajstić information content (AvgIpc) is 3.15. The molecule has 0 unspecified atom stereocenters. The Hall–Kier alpha value is -3.16.